The van der Waals surface area contributed by atoms with E-state index in [2.05, 4.69) is 60.6 Å². The van der Waals surface area contributed by atoms with Crippen LogP contribution in [0.3, 0.4) is 0 Å². The molecule has 0 aliphatic carbocycles. The molecule has 0 fully saturated rings. The zero-order valence-corrected chi connectivity index (χ0v) is 13.4. The van der Waals surface area contributed by atoms with Crippen LogP contribution in [0.5, 0.6) is 0 Å². The zero-order valence-electron chi connectivity index (χ0n) is 13.4. The van der Waals surface area contributed by atoms with Crippen LogP contribution >= 0.6 is 0 Å². The zero-order chi connectivity index (χ0) is 16.2. The number of aryl methyl sites for hydroxylation is 2. The van der Waals surface area contributed by atoms with Gasteiger partial charge in [-0.3, -0.25) is 0 Å². The maximum absolute atomic E-state index is 5.82. The lowest BCUT2D eigenvalue weighted by Crippen LogP contribution is -2.03. The lowest BCUT2D eigenvalue weighted by atomic mass is 10.1. The van der Waals surface area contributed by atoms with Crippen LogP contribution in [-0.4, -0.2) is 15.0 Å². The first kappa shape index (κ1) is 15.2. The third-order valence-electron chi connectivity index (χ3n) is 3.66. The van der Waals surface area contributed by atoms with Crippen molar-refractivity contribution in [2.45, 2.75) is 20.4 Å². The summed E-state index contributed by atoms with van der Waals surface area (Å²) in [7, 11) is 0. The molecule has 4 nitrogen and oxygen atoms in total. The standard InChI is InChI=1S/C19H20N4/c1-14-10-15(2)12-17(11-14)23-19(18(13-20)21-22-23)9-8-16-6-4-3-5-7-16/h3-12H,13,20H2,1-2H3/b9-8+. The Labute approximate surface area is 136 Å². The fourth-order valence-corrected chi connectivity index (χ4v) is 2.64. The first-order chi connectivity index (χ1) is 11.2. The van der Waals surface area contributed by atoms with Gasteiger partial charge in [-0.2, -0.15) is 0 Å². The minimum absolute atomic E-state index is 0.360. The van der Waals surface area contributed by atoms with Crippen molar-refractivity contribution in [3.05, 3.63) is 76.6 Å². The van der Waals surface area contributed by atoms with Gasteiger partial charge >= 0.3 is 0 Å². The van der Waals surface area contributed by atoms with E-state index < -0.39 is 0 Å². The van der Waals surface area contributed by atoms with Crippen LogP contribution in [0.1, 0.15) is 28.1 Å². The van der Waals surface area contributed by atoms with E-state index in [-0.39, 0.29) is 0 Å². The molecule has 0 spiro atoms. The van der Waals surface area contributed by atoms with Crippen molar-refractivity contribution in [2.75, 3.05) is 0 Å². The van der Waals surface area contributed by atoms with Gasteiger partial charge in [0, 0.05) is 6.54 Å². The molecule has 0 radical (unpaired) electrons. The summed E-state index contributed by atoms with van der Waals surface area (Å²) in [4.78, 5) is 0. The van der Waals surface area contributed by atoms with E-state index in [0.29, 0.717) is 6.54 Å². The molecule has 1 aromatic heterocycles. The summed E-state index contributed by atoms with van der Waals surface area (Å²) < 4.78 is 1.85. The Morgan fingerprint density at radius 2 is 1.70 bits per heavy atom. The predicted octanol–water partition coefficient (Wildman–Crippen LogP) is 3.51. The maximum atomic E-state index is 5.82. The molecular weight excluding hydrogens is 284 g/mol. The summed E-state index contributed by atoms with van der Waals surface area (Å²) in [6, 6.07) is 16.5. The molecule has 1 heterocycles. The first-order valence-corrected chi connectivity index (χ1v) is 7.64. The second kappa shape index (κ2) is 6.58. The van der Waals surface area contributed by atoms with E-state index >= 15 is 0 Å². The van der Waals surface area contributed by atoms with Crippen LogP contribution in [0.15, 0.2) is 48.5 Å². The Kier molecular flexibility index (Phi) is 4.35. The van der Waals surface area contributed by atoms with Gasteiger partial charge < -0.3 is 5.73 Å². The van der Waals surface area contributed by atoms with E-state index in [1.54, 1.807) is 0 Å². The van der Waals surface area contributed by atoms with Gasteiger partial charge in [0.15, 0.2) is 0 Å². The van der Waals surface area contributed by atoms with Crippen molar-refractivity contribution in [2.24, 2.45) is 5.73 Å². The smallest absolute Gasteiger partial charge is 0.104 e. The molecule has 23 heavy (non-hydrogen) atoms. The highest BCUT2D eigenvalue weighted by Gasteiger charge is 2.11. The van der Waals surface area contributed by atoms with Gasteiger partial charge in [-0.15, -0.1) is 5.10 Å². The lowest BCUT2D eigenvalue weighted by Gasteiger charge is -2.07. The van der Waals surface area contributed by atoms with Gasteiger partial charge in [0.05, 0.1) is 11.4 Å². The van der Waals surface area contributed by atoms with Crippen molar-refractivity contribution in [3.63, 3.8) is 0 Å². The number of nitrogens with two attached hydrogens (primary N) is 1. The summed E-state index contributed by atoms with van der Waals surface area (Å²) in [6.07, 6.45) is 4.08. The van der Waals surface area contributed by atoms with E-state index in [1.807, 2.05) is 29.0 Å². The van der Waals surface area contributed by atoms with Crippen LogP contribution < -0.4 is 5.73 Å². The molecule has 4 heteroatoms. The Hall–Kier alpha value is -2.72. The molecule has 2 aromatic carbocycles. The van der Waals surface area contributed by atoms with E-state index in [4.69, 9.17) is 5.73 Å². The van der Waals surface area contributed by atoms with Crippen LogP contribution in [0, 0.1) is 13.8 Å². The Morgan fingerprint density at radius 3 is 2.35 bits per heavy atom. The average Bonchev–Trinajstić information content (AvgIpc) is 2.96. The molecule has 2 N–H and O–H groups in total. The molecule has 0 aliphatic heterocycles. The second-order valence-corrected chi connectivity index (χ2v) is 5.63. The van der Waals surface area contributed by atoms with Crippen molar-refractivity contribution in [1.82, 2.24) is 15.0 Å². The second-order valence-electron chi connectivity index (χ2n) is 5.63. The highest BCUT2D eigenvalue weighted by molar-refractivity contribution is 5.69. The molecular formula is C19H20N4. The fourth-order valence-electron chi connectivity index (χ4n) is 2.64. The molecule has 3 aromatic rings. The molecule has 0 saturated carbocycles. The summed E-state index contributed by atoms with van der Waals surface area (Å²) in [5, 5.41) is 8.51. The minimum Gasteiger partial charge on any atom is -0.325 e. The largest absolute Gasteiger partial charge is 0.325 e. The lowest BCUT2D eigenvalue weighted by molar-refractivity contribution is 0.792. The number of benzene rings is 2. The van der Waals surface area contributed by atoms with Crippen LogP contribution in [0.2, 0.25) is 0 Å². The van der Waals surface area contributed by atoms with Crippen LogP contribution in [0.4, 0.5) is 0 Å². The minimum atomic E-state index is 0.360. The molecule has 0 amide bonds. The van der Waals surface area contributed by atoms with E-state index in [1.165, 1.54) is 11.1 Å². The van der Waals surface area contributed by atoms with Gasteiger partial charge in [-0.05, 0) is 48.7 Å². The fraction of sp³-hybridized carbons (Fsp3) is 0.158. The van der Waals surface area contributed by atoms with Crippen LogP contribution in [-0.2, 0) is 6.54 Å². The maximum Gasteiger partial charge on any atom is 0.104 e. The normalized spacial score (nSPS) is 11.3. The van der Waals surface area contributed by atoms with E-state index in [0.717, 1.165) is 22.6 Å². The average molecular weight is 304 g/mol. The molecule has 0 atom stereocenters. The number of hydrogen-bond donors (Lipinski definition) is 1. The quantitative estimate of drug-likeness (QED) is 0.802. The molecule has 3 rings (SSSR count). The van der Waals surface area contributed by atoms with Crippen LogP contribution in [0.25, 0.3) is 17.8 Å². The summed E-state index contributed by atoms with van der Waals surface area (Å²) in [5.74, 6) is 0. The summed E-state index contributed by atoms with van der Waals surface area (Å²) in [5.41, 5.74) is 12.1. The Bertz CT molecular complexity index is 812. The molecule has 0 unspecified atom stereocenters. The van der Waals surface area contributed by atoms with Crippen molar-refractivity contribution in [1.29, 1.82) is 0 Å². The molecule has 0 saturated heterocycles. The van der Waals surface area contributed by atoms with E-state index in [9.17, 15) is 0 Å². The van der Waals surface area contributed by atoms with Gasteiger partial charge in [-0.25, -0.2) is 4.68 Å². The van der Waals surface area contributed by atoms with Gasteiger partial charge in [0.25, 0.3) is 0 Å². The monoisotopic (exact) mass is 304 g/mol. The number of rotatable bonds is 4. The highest BCUT2D eigenvalue weighted by atomic mass is 15.4. The SMILES string of the molecule is Cc1cc(C)cc(-n2nnc(CN)c2/C=C/c2ccccc2)c1. The summed E-state index contributed by atoms with van der Waals surface area (Å²) >= 11 is 0. The highest BCUT2D eigenvalue weighted by Crippen LogP contribution is 2.18. The molecule has 0 bridgehead atoms. The predicted molar refractivity (Wildman–Crippen MR) is 94.1 cm³/mol. The number of aromatic nitrogens is 3. The third kappa shape index (κ3) is 3.38. The molecule has 116 valence electrons. The molecule has 0 aliphatic rings. The van der Waals surface area contributed by atoms with Gasteiger partial charge in [0.1, 0.15) is 5.69 Å². The number of nitrogens with zero attached hydrogens (tertiary/aromatic N) is 3. The van der Waals surface area contributed by atoms with Gasteiger partial charge in [-0.1, -0.05) is 47.7 Å². The summed E-state index contributed by atoms with van der Waals surface area (Å²) in [6.45, 7) is 4.52. The third-order valence-corrected chi connectivity index (χ3v) is 3.66. The Balaban J connectivity index is 2.05. The van der Waals surface area contributed by atoms with Crippen molar-refractivity contribution < 1.29 is 0 Å². The first-order valence-electron chi connectivity index (χ1n) is 7.64. The van der Waals surface area contributed by atoms with Crippen molar-refractivity contribution in [3.8, 4) is 5.69 Å². The topological polar surface area (TPSA) is 56.7 Å². The number of hydrogen-bond acceptors (Lipinski definition) is 3. The Morgan fingerprint density at radius 1 is 1.00 bits per heavy atom. The van der Waals surface area contributed by atoms with Gasteiger partial charge in [0.2, 0.25) is 0 Å². The van der Waals surface area contributed by atoms with Crippen molar-refractivity contribution >= 4 is 12.2 Å².